The summed E-state index contributed by atoms with van der Waals surface area (Å²) >= 11 is 0. The van der Waals surface area contributed by atoms with Crippen LogP contribution in [0, 0.1) is 13.8 Å². The maximum atomic E-state index is 12.7. The van der Waals surface area contributed by atoms with Crippen molar-refractivity contribution in [1.29, 1.82) is 0 Å². The van der Waals surface area contributed by atoms with E-state index in [4.69, 9.17) is 0 Å². The molecular weight excluding hydrogens is 300 g/mol. The highest BCUT2D eigenvalue weighted by atomic mass is 16.2. The van der Waals surface area contributed by atoms with E-state index in [1.54, 1.807) is 6.20 Å². The molecule has 0 saturated carbocycles. The molecular formula is C19H24N4O. The van der Waals surface area contributed by atoms with Gasteiger partial charge in [0.05, 0.1) is 5.56 Å². The second-order valence-electron chi connectivity index (χ2n) is 6.48. The molecule has 126 valence electrons. The predicted octanol–water partition coefficient (Wildman–Crippen LogP) is 2.83. The molecule has 3 heterocycles. The van der Waals surface area contributed by atoms with Gasteiger partial charge >= 0.3 is 0 Å². The molecule has 1 amide bonds. The summed E-state index contributed by atoms with van der Waals surface area (Å²) in [6.45, 7) is 5.73. The Bertz CT molecular complexity index is 714. The third-order valence-corrected chi connectivity index (χ3v) is 4.62. The van der Waals surface area contributed by atoms with Gasteiger partial charge in [0.15, 0.2) is 0 Å². The predicted molar refractivity (Wildman–Crippen MR) is 95.3 cm³/mol. The zero-order valence-corrected chi connectivity index (χ0v) is 14.6. The Morgan fingerprint density at radius 3 is 2.75 bits per heavy atom. The lowest BCUT2D eigenvalue weighted by Crippen LogP contribution is -2.49. The first-order chi connectivity index (χ1) is 11.5. The van der Waals surface area contributed by atoms with E-state index in [0.29, 0.717) is 5.56 Å². The smallest absolute Gasteiger partial charge is 0.255 e. The number of hydrogen-bond donors (Lipinski definition) is 0. The Hall–Kier alpha value is -2.43. The van der Waals surface area contributed by atoms with Crippen LogP contribution in [0.3, 0.4) is 0 Å². The van der Waals surface area contributed by atoms with Gasteiger partial charge < -0.3 is 9.80 Å². The fourth-order valence-corrected chi connectivity index (χ4v) is 3.15. The average Bonchev–Trinajstić information content (AvgIpc) is 2.61. The van der Waals surface area contributed by atoms with Gasteiger partial charge in [-0.05, 0) is 51.0 Å². The normalized spacial score (nSPS) is 17.6. The molecule has 1 aliphatic heterocycles. The number of piperidine rings is 1. The molecule has 24 heavy (non-hydrogen) atoms. The summed E-state index contributed by atoms with van der Waals surface area (Å²) in [6.07, 6.45) is 3.74. The maximum absolute atomic E-state index is 12.7. The first-order valence-corrected chi connectivity index (χ1v) is 8.43. The molecule has 0 N–H and O–H groups in total. The van der Waals surface area contributed by atoms with E-state index in [0.717, 1.165) is 43.1 Å². The van der Waals surface area contributed by atoms with Crippen LogP contribution in [0.2, 0.25) is 0 Å². The van der Waals surface area contributed by atoms with Crippen molar-refractivity contribution in [2.24, 2.45) is 0 Å². The number of amides is 1. The van der Waals surface area contributed by atoms with Crippen LogP contribution in [-0.2, 0) is 0 Å². The van der Waals surface area contributed by atoms with Crippen LogP contribution in [0.4, 0.5) is 5.82 Å². The van der Waals surface area contributed by atoms with Crippen LogP contribution < -0.4 is 4.90 Å². The first kappa shape index (κ1) is 16.4. The standard InChI is InChI=1S/C19H24N4O/c1-14-9-10-16(12-20-14)19(24)22(3)17-7-5-11-23(13-17)18-8-4-6-15(2)21-18/h4,6,8-10,12,17H,5,7,11,13H2,1-3H3/t17-/m1/s1. The highest BCUT2D eigenvalue weighted by Crippen LogP contribution is 2.21. The van der Waals surface area contributed by atoms with Gasteiger partial charge in [0.2, 0.25) is 0 Å². The van der Waals surface area contributed by atoms with Crippen LogP contribution >= 0.6 is 0 Å². The van der Waals surface area contributed by atoms with Crippen molar-refractivity contribution in [2.75, 3.05) is 25.0 Å². The third-order valence-electron chi connectivity index (χ3n) is 4.62. The maximum Gasteiger partial charge on any atom is 0.255 e. The summed E-state index contributed by atoms with van der Waals surface area (Å²) < 4.78 is 0. The topological polar surface area (TPSA) is 49.3 Å². The fraction of sp³-hybridized carbons (Fsp3) is 0.421. The second kappa shape index (κ2) is 6.99. The molecule has 2 aromatic rings. The molecule has 0 radical (unpaired) electrons. The van der Waals surface area contributed by atoms with E-state index >= 15 is 0 Å². The molecule has 0 unspecified atom stereocenters. The van der Waals surface area contributed by atoms with Crippen LogP contribution in [0.25, 0.3) is 0 Å². The lowest BCUT2D eigenvalue weighted by molar-refractivity contribution is 0.0717. The van der Waals surface area contributed by atoms with Crippen LogP contribution in [-0.4, -0.2) is 47.0 Å². The molecule has 1 atom stereocenters. The Labute approximate surface area is 143 Å². The van der Waals surface area contributed by atoms with Gasteiger partial charge in [-0.3, -0.25) is 9.78 Å². The number of nitrogens with zero attached hydrogens (tertiary/aromatic N) is 4. The number of aryl methyl sites for hydroxylation is 2. The number of carbonyl (C=O) groups excluding carboxylic acids is 1. The Morgan fingerprint density at radius 2 is 2.04 bits per heavy atom. The number of pyridine rings is 2. The zero-order valence-electron chi connectivity index (χ0n) is 14.6. The summed E-state index contributed by atoms with van der Waals surface area (Å²) in [5.74, 6) is 1.03. The SMILES string of the molecule is Cc1ccc(C(=O)N(C)[C@@H]2CCCN(c3cccc(C)n3)C2)cn1. The zero-order chi connectivity index (χ0) is 17.1. The summed E-state index contributed by atoms with van der Waals surface area (Å²) in [4.78, 5) is 25.7. The van der Waals surface area contributed by atoms with Crippen molar-refractivity contribution in [1.82, 2.24) is 14.9 Å². The fourth-order valence-electron chi connectivity index (χ4n) is 3.15. The monoisotopic (exact) mass is 324 g/mol. The number of hydrogen-bond acceptors (Lipinski definition) is 4. The Kier molecular flexibility index (Phi) is 4.79. The Balaban J connectivity index is 1.71. The van der Waals surface area contributed by atoms with Gasteiger partial charge in [0.25, 0.3) is 5.91 Å². The van der Waals surface area contributed by atoms with E-state index in [2.05, 4.69) is 14.9 Å². The van der Waals surface area contributed by atoms with Crippen molar-refractivity contribution in [3.05, 3.63) is 53.5 Å². The summed E-state index contributed by atoms with van der Waals surface area (Å²) in [7, 11) is 1.89. The molecule has 0 spiro atoms. The highest BCUT2D eigenvalue weighted by molar-refractivity contribution is 5.94. The minimum atomic E-state index is 0.0338. The molecule has 0 aliphatic carbocycles. The molecule has 1 fully saturated rings. The number of anilines is 1. The van der Waals surface area contributed by atoms with E-state index in [1.165, 1.54) is 0 Å². The molecule has 5 heteroatoms. The molecule has 1 aliphatic rings. The minimum Gasteiger partial charge on any atom is -0.355 e. The van der Waals surface area contributed by atoms with Crippen molar-refractivity contribution in [2.45, 2.75) is 32.7 Å². The van der Waals surface area contributed by atoms with Crippen molar-refractivity contribution < 1.29 is 4.79 Å². The van der Waals surface area contributed by atoms with Gasteiger partial charge in [-0.15, -0.1) is 0 Å². The quantitative estimate of drug-likeness (QED) is 0.871. The van der Waals surface area contributed by atoms with Crippen LogP contribution in [0.5, 0.6) is 0 Å². The lowest BCUT2D eigenvalue weighted by Gasteiger charge is -2.38. The largest absolute Gasteiger partial charge is 0.355 e. The van der Waals surface area contributed by atoms with Crippen molar-refractivity contribution in [3.8, 4) is 0 Å². The minimum absolute atomic E-state index is 0.0338. The Morgan fingerprint density at radius 1 is 1.21 bits per heavy atom. The van der Waals surface area contributed by atoms with Gasteiger partial charge in [-0.2, -0.15) is 0 Å². The summed E-state index contributed by atoms with van der Waals surface area (Å²) in [5, 5.41) is 0. The molecule has 0 aromatic carbocycles. The van der Waals surface area contributed by atoms with Crippen molar-refractivity contribution in [3.63, 3.8) is 0 Å². The molecule has 1 saturated heterocycles. The third kappa shape index (κ3) is 3.55. The molecule has 2 aromatic heterocycles. The second-order valence-corrected chi connectivity index (χ2v) is 6.48. The van der Waals surface area contributed by atoms with Crippen molar-refractivity contribution >= 4 is 11.7 Å². The van der Waals surface area contributed by atoms with Gasteiger partial charge in [-0.25, -0.2) is 4.98 Å². The summed E-state index contributed by atoms with van der Waals surface area (Å²) in [5.41, 5.74) is 2.59. The molecule has 3 rings (SSSR count). The van der Waals surface area contributed by atoms with E-state index < -0.39 is 0 Å². The summed E-state index contributed by atoms with van der Waals surface area (Å²) in [6, 6.07) is 10.0. The lowest BCUT2D eigenvalue weighted by atomic mass is 10.0. The first-order valence-electron chi connectivity index (χ1n) is 8.43. The van der Waals surface area contributed by atoms with E-state index in [-0.39, 0.29) is 11.9 Å². The van der Waals surface area contributed by atoms with Gasteiger partial charge in [-0.1, -0.05) is 6.07 Å². The van der Waals surface area contributed by atoms with Gasteiger partial charge in [0.1, 0.15) is 5.82 Å². The number of aromatic nitrogens is 2. The van der Waals surface area contributed by atoms with Crippen LogP contribution in [0.15, 0.2) is 36.5 Å². The average molecular weight is 324 g/mol. The number of rotatable bonds is 3. The number of carbonyl (C=O) groups is 1. The van der Waals surface area contributed by atoms with E-state index in [1.807, 2.05) is 56.1 Å². The van der Waals surface area contributed by atoms with E-state index in [9.17, 15) is 4.79 Å². The number of likely N-dealkylation sites (N-methyl/N-ethyl adjacent to an activating group) is 1. The van der Waals surface area contributed by atoms with Crippen LogP contribution in [0.1, 0.15) is 34.6 Å². The van der Waals surface area contributed by atoms with Gasteiger partial charge in [0, 0.05) is 43.8 Å². The molecule has 0 bridgehead atoms. The highest BCUT2D eigenvalue weighted by Gasteiger charge is 2.27. The molecule has 5 nitrogen and oxygen atoms in total.